The summed E-state index contributed by atoms with van der Waals surface area (Å²) in [5.41, 5.74) is 2.63. The molecule has 2 aliphatic rings. The molecule has 5 heteroatoms. The number of hydrogen-bond acceptors (Lipinski definition) is 5. The molecule has 5 nitrogen and oxygen atoms in total. The van der Waals surface area contributed by atoms with Gasteiger partial charge in [-0.05, 0) is 19.1 Å². The first-order valence-corrected chi connectivity index (χ1v) is 8.90. The Kier molecular flexibility index (Phi) is 5.02. The van der Waals surface area contributed by atoms with Crippen LogP contribution in [-0.4, -0.2) is 37.5 Å². The standard InChI is InChI=1S/C21H22O5/c1-14-7-9-15(10-8-14)20(22)25-17-11-18-19(23-12-17)13-24-21(26-18)16-5-3-2-4-6-16/h2-10,17-19,21H,11-13H2,1H3/t17-,18+,19-,21?/m1/s1. The lowest BCUT2D eigenvalue weighted by atomic mass is 10.0. The number of rotatable bonds is 3. The van der Waals surface area contributed by atoms with Crippen molar-refractivity contribution in [1.29, 1.82) is 0 Å². The van der Waals surface area contributed by atoms with Gasteiger partial charge in [0.05, 0.1) is 24.9 Å². The molecule has 0 radical (unpaired) electrons. The predicted octanol–water partition coefficient (Wildman–Crippen LogP) is 3.42. The van der Waals surface area contributed by atoms with Crippen LogP contribution in [0.3, 0.4) is 0 Å². The molecule has 4 rings (SSSR count). The average Bonchev–Trinajstić information content (AvgIpc) is 2.68. The number of fused-ring (bicyclic) bond motifs is 1. The van der Waals surface area contributed by atoms with E-state index in [1.807, 2.05) is 49.4 Å². The Balaban J connectivity index is 1.37. The van der Waals surface area contributed by atoms with Crippen LogP contribution < -0.4 is 0 Å². The highest BCUT2D eigenvalue weighted by Crippen LogP contribution is 2.32. The molecule has 136 valence electrons. The summed E-state index contributed by atoms with van der Waals surface area (Å²) in [4.78, 5) is 12.3. The SMILES string of the molecule is Cc1ccc(C(=O)O[C@H]2CO[C@@H]3COC(c4ccccc4)O[C@H]3C2)cc1. The van der Waals surface area contributed by atoms with Crippen LogP contribution in [-0.2, 0) is 18.9 Å². The summed E-state index contributed by atoms with van der Waals surface area (Å²) in [7, 11) is 0. The third-order valence-corrected chi connectivity index (χ3v) is 4.75. The van der Waals surface area contributed by atoms with Gasteiger partial charge in [-0.3, -0.25) is 0 Å². The van der Waals surface area contributed by atoms with Gasteiger partial charge in [0, 0.05) is 12.0 Å². The van der Waals surface area contributed by atoms with Gasteiger partial charge in [-0.25, -0.2) is 4.79 Å². The van der Waals surface area contributed by atoms with Crippen molar-refractivity contribution in [2.75, 3.05) is 13.2 Å². The van der Waals surface area contributed by atoms with E-state index < -0.39 is 6.29 Å². The number of carbonyl (C=O) groups is 1. The molecule has 2 fully saturated rings. The number of aryl methyl sites for hydroxylation is 1. The van der Waals surface area contributed by atoms with E-state index >= 15 is 0 Å². The van der Waals surface area contributed by atoms with Crippen molar-refractivity contribution in [2.45, 2.75) is 37.9 Å². The van der Waals surface area contributed by atoms with E-state index in [1.54, 1.807) is 12.1 Å². The molecule has 0 aromatic heterocycles. The van der Waals surface area contributed by atoms with Crippen molar-refractivity contribution in [3.05, 3.63) is 71.3 Å². The average molecular weight is 354 g/mol. The van der Waals surface area contributed by atoms with Gasteiger partial charge in [-0.15, -0.1) is 0 Å². The van der Waals surface area contributed by atoms with Crippen LogP contribution in [0.15, 0.2) is 54.6 Å². The number of esters is 1. The molecule has 2 aromatic rings. The molecule has 0 saturated carbocycles. The number of benzene rings is 2. The second kappa shape index (κ2) is 7.58. The van der Waals surface area contributed by atoms with Gasteiger partial charge in [-0.1, -0.05) is 48.0 Å². The van der Waals surface area contributed by atoms with Crippen molar-refractivity contribution in [3.63, 3.8) is 0 Å². The van der Waals surface area contributed by atoms with Crippen LogP contribution in [0.2, 0.25) is 0 Å². The Morgan fingerprint density at radius 1 is 0.962 bits per heavy atom. The third-order valence-electron chi connectivity index (χ3n) is 4.75. The Labute approximate surface area is 152 Å². The van der Waals surface area contributed by atoms with Crippen molar-refractivity contribution < 1.29 is 23.7 Å². The zero-order chi connectivity index (χ0) is 17.9. The summed E-state index contributed by atoms with van der Waals surface area (Å²) in [6.07, 6.45) is -0.399. The quantitative estimate of drug-likeness (QED) is 0.791. The number of ether oxygens (including phenoxy) is 4. The summed E-state index contributed by atoms with van der Waals surface area (Å²) in [6, 6.07) is 17.2. The smallest absolute Gasteiger partial charge is 0.338 e. The Morgan fingerprint density at radius 2 is 1.73 bits per heavy atom. The lowest BCUT2D eigenvalue weighted by Crippen LogP contribution is -2.50. The van der Waals surface area contributed by atoms with Gasteiger partial charge in [0.25, 0.3) is 0 Å². The van der Waals surface area contributed by atoms with Crippen molar-refractivity contribution >= 4 is 5.97 Å². The summed E-state index contributed by atoms with van der Waals surface area (Å²) in [5.74, 6) is -0.330. The Hall–Kier alpha value is -2.21. The van der Waals surface area contributed by atoms with Gasteiger partial charge in [0.15, 0.2) is 6.29 Å². The molecule has 0 aliphatic carbocycles. The zero-order valence-electron chi connectivity index (χ0n) is 14.7. The molecule has 2 saturated heterocycles. The van der Waals surface area contributed by atoms with Crippen LogP contribution in [0.5, 0.6) is 0 Å². The van der Waals surface area contributed by atoms with Gasteiger partial charge in [0.2, 0.25) is 0 Å². The zero-order valence-corrected chi connectivity index (χ0v) is 14.7. The largest absolute Gasteiger partial charge is 0.456 e. The van der Waals surface area contributed by atoms with Gasteiger partial charge >= 0.3 is 5.97 Å². The van der Waals surface area contributed by atoms with E-state index in [4.69, 9.17) is 18.9 Å². The number of hydrogen-bond donors (Lipinski definition) is 0. The van der Waals surface area contributed by atoms with Crippen LogP contribution in [0.4, 0.5) is 0 Å². The summed E-state index contributed by atoms with van der Waals surface area (Å²) in [5, 5.41) is 0. The fourth-order valence-corrected chi connectivity index (χ4v) is 3.27. The predicted molar refractivity (Wildman–Crippen MR) is 94.7 cm³/mol. The topological polar surface area (TPSA) is 54.0 Å². The van der Waals surface area contributed by atoms with Crippen molar-refractivity contribution in [2.24, 2.45) is 0 Å². The molecule has 0 amide bonds. The highest BCUT2D eigenvalue weighted by Gasteiger charge is 2.39. The maximum atomic E-state index is 12.3. The van der Waals surface area contributed by atoms with E-state index in [0.717, 1.165) is 11.1 Å². The lowest BCUT2D eigenvalue weighted by molar-refractivity contribution is -0.287. The molecule has 0 bridgehead atoms. The van der Waals surface area contributed by atoms with Gasteiger partial charge in [0.1, 0.15) is 12.2 Å². The molecule has 4 atom stereocenters. The molecule has 0 spiro atoms. The molecule has 2 heterocycles. The van der Waals surface area contributed by atoms with Crippen LogP contribution in [0.25, 0.3) is 0 Å². The van der Waals surface area contributed by atoms with Crippen molar-refractivity contribution in [1.82, 2.24) is 0 Å². The molecule has 0 N–H and O–H groups in total. The first-order chi connectivity index (χ1) is 12.7. The summed E-state index contributed by atoms with van der Waals surface area (Å²) >= 11 is 0. The minimum absolute atomic E-state index is 0.121. The first-order valence-electron chi connectivity index (χ1n) is 8.90. The van der Waals surface area contributed by atoms with E-state index in [-0.39, 0.29) is 24.3 Å². The van der Waals surface area contributed by atoms with Crippen LogP contribution >= 0.6 is 0 Å². The minimum atomic E-state index is -0.410. The fraction of sp³-hybridized carbons (Fsp3) is 0.381. The lowest BCUT2D eigenvalue weighted by Gasteiger charge is -2.41. The van der Waals surface area contributed by atoms with E-state index in [1.165, 1.54) is 0 Å². The normalized spacial score (nSPS) is 28.2. The van der Waals surface area contributed by atoms with E-state index in [0.29, 0.717) is 25.2 Å². The monoisotopic (exact) mass is 354 g/mol. The molecule has 2 aliphatic heterocycles. The number of carbonyl (C=O) groups excluding carboxylic acids is 1. The van der Waals surface area contributed by atoms with Gasteiger partial charge < -0.3 is 18.9 Å². The minimum Gasteiger partial charge on any atom is -0.456 e. The maximum Gasteiger partial charge on any atom is 0.338 e. The molecule has 2 aromatic carbocycles. The molecule has 1 unspecified atom stereocenters. The Morgan fingerprint density at radius 3 is 2.50 bits per heavy atom. The second-order valence-electron chi connectivity index (χ2n) is 6.75. The Bertz CT molecular complexity index is 743. The molecular formula is C21H22O5. The molecule has 26 heavy (non-hydrogen) atoms. The van der Waals surface area contributed by atoms with Crippen LogP contribution in [0, 0.1) is 6.92 Å². The summed E-state index contributed by atoms with van der Waals surface area (Å²) < 4.78 is 23.3. The summed E-state index contributed by atoms with van der Waals surface area (Å²) in [6.45, 7) is 2.82. The molecular weight excluding hydrogens is 332 g/mol. The maximum absolute atomic E-state index is 12.3. The highest BCUT2D eigenvalue weighted by molar-refractivity contribution is 5.89. The van der Waals surface area contributed by atoms with Gasteiger partial charge in [-0.2, -0.15) is 0 Å². The third kappa shape index (κ3) is 3.80. The first kappa shape index (κ1) is 17.2. The fourth-order valence-electron chi connectivity index (χ4n) is 3.27. The van der Waals surface area contributed by atoms with Crippen LogP contribution in [0.1, 0.15) is 34.2 Å². The highest BCUT2D eigenvalue weighted by atomic mass is 16.7. The van der Waals surface area contributed by atoms with Crippen molar-refractivity contribution in [3.8, 4) is 0 Å². The van der Waals surface area contributed by atoms with E-state index in [9.17, 15) is 4.79 Å². The van der Waals surface area contributed by atoms with E-state index in [2.05, 4.69) is 0 Å². The second-order valence-corrected chi connectivity index (χ2v) is 6.75.